The van der Waals surface area contributed by atoms with Gasteiger partial charge in [-0.1, -0.05) is 31.4 Å². The van der Waals surface area contributed by atoms with Crippen LogP contribution >= 0.6 is 11.6 Å². The Morgan fingerprint density at radius 1 is 1.22 bits per heavy atom. The number of fused-ring (bicyclic) bond motifs is 1. The molecule has 3 amide bonds. The second-order valence-corrected chi connectivity index (χ2v) is 9.35. The lowest BCUT2D eigenvalue weighted by Gasteiger charge is -2.36. The Labute approximate surface area is 221 Å². The van der Waals surface area contributed by atoms with Gasteiger partial charge in [-0.3, -0.25) is 15.1 Å². The minimum atomic E-state index is -0.365. The molecule has 3 N–H and O–H groups in total. The van der Waals surface area contributed by atoms with Gasteiger partial charge in [-0.2, -0.15) is 0 Å². The maximum Gasteiger partial charge on any atom is 0.324 e. The molecular weight excluding hydrogens is 496 g/mol. The predicted octanol–water partition coefficient (Wildman–Crippen LogP) is 4.09. The summed E-state index contributed by atoms with van der Waals surface area (Å²) in [6.07, 6.45) is 7.29. The third-order valence-electron chi connectivity index (χ3n) is 6.41. The zero-order chi connectivity index (χ0) is 26.4. The molecule has 1 aliphatic rings. The average Bonchev–Trinajstić information content (AvgIpc) is 3.23. The molecule has 3 heterocycles. The average molecular weight is 529 g/mol. The van der Waals surface area contributed by atoms with Gasteiger partial charge in [0.15, 0.2) is 11.5 Å². The number of nitrogens with two attached hydrogens (primary N) is 1. The van der Waals surface area contributed by atoms with Crippen LogP contribution in [0.4, 0.5) is 10.5 Å². The molecule has 1 aliphatic heterocycles. The summed E-state index contributed by atoms with van der Waals surface area (Å²) in [5.41, 5.74) is 4.29. The molecule has 2 aromatic heterocycles. The van der Waals surface area contributed by atoms with Gasteiger partial charge in [0, 0.05) is 49.2 Å². The van der Waals surface area contributed by atoms with Crippen LogP contribution in [0.5, 0.6) is 11.5 Å². The zero-order valence-corrected chi connectivity index (χ0v) is 22.0. The Kier molecular flexibility index (Phi) is 8.73. The van der Waals surface area contributed by atoms with Gasteiger partial charge in [-0.25, -0.2) is 15.6 Å². The van der Waals surface area contributed by atoms with E-state index in [0.29, 0.717) is 53.8 Å². The van der Waals surface area contributed by atoms with E-state index in [4.69, 9.17) is 26.9 Å². The molecule has 1 saturated heterocycles. The van der Waals surface area contributed by atoms with E-state index in [1.165, 1.54) is 0 Å². The van der Waals surface area contributed by atoms with Crippen molar-refractivity contribution in [3.8, 4) is 11.5 Å². The van der Waals surface area contributed by atoms with Crippen LogP contribution in [0, 0.1) is 0 Å². The van der Waals surface area contributed by atoms with E-state index in [1.807, 2.05) is 24.3 Å². The highest BCUT2D eigenvalue weighted by molar-refractivity contribution is 6.35. The van der Waals surface area contributed by atoms with Crippen molar-refractivity contribution in [1.29, 1.82) is 0 Å². The van der Waals surface area contributed by atoms with Gasteiger partial charge in [0.2, 0.25) is 0 Å². The van der Waals surface area contributed by atoms with Gasteiger partial charge in [0.25, 0.3) is 5.91 Å². The first-order valence-electron chi connectivity index (χ1n) is 12.5. The number of anilines is 1. The smallest absolute Gasteiger partial charge is 0.324 e. The number of methoxy groups -OCH3 is 1. The number of halogens is 1. The Balaban J connectivity index is 1.55. The molecule has 0 unspecified atom stereocenters. The molecule has 0 aliphatic carbocycles. The fraction of sp³-hybridized carbons (Fsp3) is 0.423. The summed E-state index contributed by atoms with van der Waals surface area (Å²) in [7, 11) is 1.61. The number of pyridine rings is 1. The Morgan fingerprint density at radius 2 is 2.05 bits per heavy atom. The van der Waals surface area contributed by atoms with Crippen LogP contribution < -0.4 is 25.6 Å². The number of hydrogen-bond acceptors (Lipinski definition) is 6. The van der Waals surface area contributed by atoms with Gasteiger partial charge in [-0.15, -0.1) is 0 Å². The van der Waals surface area contributed by atoms with Crippen molar-refractivity contribution < 1.29 is 19.1 Å². The van der Waals surface area contributed by atoms with E-state index in [-0.39, 0.29) is 18.5 Å². The Morgan fingerprint density at radius 3 is 2.81 bits per heavy atom. The van der Waals surface area contributed by atoms with Gasteiger partial charge >= 0.3 is 6.03 Å². The molecule has 0 bridgehead atoms. The van der Waals surface area contributed by atoms with Crippen molar-refractivity contribution in [3.05, 3.63) is 47.2 Å². The van der Waals surface area contributed by atoms with E-state index in [2.05, 4.69) is 17.3 Å². The molecule has 0 atom stereocenters. The quantitative estimate of drug-likeness (QED) is 0.168. The summed E-state index contributed by atoms with van der Waals surface area (Å²) in [6, 6.07) is 7.34. The number of hydrazine groups is 1. The minimum Gasteiger partial charge on any atom is -0.493 e. The predicted molar refractivity (Wildman–Crippen MR) is 143 cm³/mol. The first-order chi connectivity index (χ1) is 18.0. The summed E-state index contributed by atoms with van der Waals surface area (Å²) in [4.78, 5) is 33.3. The van der Waals surface area contributed by atoms with E-state index in [0.717, 1.165) is 36.9 Å². The molecule has 11 heteroatoms. The molecule has 198 valence electrons. The Hall–Kier alpha value is -3.50. The number of unbranched alkanes of at least 4 members (excludes halogenated alkanes) is 2. The zero-order valence-electron chi connectivity index (χ0n) is 21.2. The lowest BCUT2D eigenvalue weighted by molar-refractivity contribution is -0.121. The summed E-state index contributed by atoms with van der Waals surface area (Å²) in [5, 5.41) is 1.18. The number of carbonyl (C=O) groups excluding carboxylic acids is 2. The molecule has 0 radical (unpaired) electrons. The summed E-state index contributed by atoms with van der Waals surface area (Å²) in [5.74, 6) is 6.14. The van der Waals surface area contributed by atoms with E-state index < -0.39 is 0 Å². The maximum atomic E-state index is 13.6. The topological polar surface area (TPSA) is 115 Å². The monoisotopic (exact) mass is 528 g/mol. The van der Waals surface area contributed by atoms with E-state index >= 15 is 0 Å². The first kappa shape index (κ1) is 26.6. The first-order valence-corrected chi connectivity index (χ1v) is 12.8. The summed E-state index contributed by atoms with van der Waals surface area (Å²) in [6.45, 7) is 4.32. The number of urea groups is 1. The molecule has 4 rings (SSSR count). The van der Waals surface area contributed by atoms with Crippen molar-refractivity contribution in [2.45, 2.75) is 45.7 Å². The Bertz CT molecular complexity index is 1260. The number of ether oxygens (including phenoxy) is 2. The number of hydrogen-bond donors (Lipinski definition) is 2. The molecule has 0 spiro atoms. The summed E-state index contributed by atoms with van der Waals surface area (Å²) < 4.78 is 13.1. The summed E-state index contributed by atoms with van der Waals surface area (Å²) >= 11 is 6.53. The molecule has 0 saturated carbocycles. The second kappa shape index (κ2) is 12.2. The molecule has 1 aromatic carbocycles. The van der Waals surface area contributed by atoms with Crippen LogP contribution in [0.25, 0.3) is 11.0 Å². The number of carbonyl (C=O) groups is 2. The third kappa shape index (κ3) is 5.91. The van der Waals surface area contributed by atoms with Crippen LogP contribution in [0.1, 0.15) is 38.2 Å². The van der Waals surface area contributed by atoms with Crippen molar-refractivity contribution >= 4 is 40.3 Å². The fourth-order valence-electron chi connectivity index (χ4n) is 4.54. The third-order valence-corrected chi connectivity index (χ3v) is 6.70. The molecular formula is C26H33ClN6O4. The highest BCUT2D eigenvalue weighted by Gasteiger charge is 2.28. The van der Waals surface area contributed by atoms with Crippen molar-refractivity contribution in [2.75, 3.05) is 31.7 Å². The number of amides is 3. The standard InChI is InChI=1S/C26H33ClN6O4/c1-3-4-5-13-37-22-14-19(7-8-21(22)36-2)33-12-6-11-31(26(33)35)15-18-9-10-29-25-24(18)20(27)16-32(25)17-23(34)30-28/h7-10,14,16H,3-6,11-13,15,17,28H2,1-2H3,(H,30,34). The van der Waals surface area contributed by atoms with Gasteiger partial charge < -0.3 is 18.9 Å². The number of aromatic nitrogens is 2. The van der Waals surface area contributed by atoms with E-state index in [1.54, 1.807) is 33.9 Å². The number of nitrogens with one attached hydrogen (secondary N) is 1. The van der Waals surface area contributed by atoms with Crippen LogP contribution in [-0.2, 0) is 17.9 Å². The number of nitrogens with zero attached hydrogens (tertiary/aromatic N) is 4. The second-order valence-electron chi connectivity index (χ2n) is 8.94. The fourth-order valence-corrected chi connectivity index (χ4v) is 4.86. The van der Waals surface area contributed by atoms with Gasteiger partial charge in [-0.05, 0) is 36.6 Å². The van der Waals surface area contributed by atoms with Gasteiger partial charge in [0.05, 0.1) is 18.7 Å². The molecule has 37 heavy (non-hydrogen) atoms. The number of benzene rings is 1. The van der Waals surface area contributed by atoms with Gasteiger partial charge in [0.1, 0.15) is 12.2 Å². The largest absolute Gasteiger partial charge is 0.493 e. The van der Waals surface area contributed by atoms with E-state index in [9.17, 15) is 9.59 Å². The van der Waals surface area contributed by atoms with Crippen LogP contribution in [0.3, 0.4) is 0 Å². The normalized spacial score (nSPS) is 13.8. The van der Waals surface area contributed by atoms with Crippen LogP contribution in [0.15, 0.2) is 36.7 Å². The lowest BCUT2D eigenvalue weighted by atomic mass is 10.1. The van der Waals surface area contributed by atoms with Crippen molar-refractivity contribution in [3.63, 3.8) is 0 Å². The maximum absolute atomic E-state index is 13.6. The highest BCUT2D eigenvalue weighted by atomic mass is 35.5. The lowest BCUT2D eigenvalue weighted by Crippen LogP contribution is -2.49. The highest BCUT2D eigenvalue weighted by Crippen LogP contribution is 2.34. The van der Waals surface area contributed by atoms with Crippen molar-refractivity contribution in [2.24, 2.45) is 5.84 Å². The SMILES string of the molecule is CCCCCOc1cc(N2CCCN(Cc3ccnc4c3c(Cl)cn4CC(=O)NN)C2=O)ccc1OC. The van der Waals surface area contributed by atoms with Crippen molar-refractivity contribution in [1.82, 2.24) is 19.9 Å². The molecule has 3 aromatic rings. The molecule has 1 fully saturated rings. The van der Waals surface area contributed by atoms with Crippen LogP contribution in [0.2, 0.25) is 5.02 Å². The number of rotatable bonds is 11. The van der Waals surface area contributed by atoms with Crippen LogP contribution in [-0.4, -0.2) is 53.2 Å². The minimum absolute atomic E-state index is 0.00703. The molecule has 10 nitrogen and oxygen atoms in total.